The normalized spacial score (nSPS) is 20.4. The largest absolute Gasteiger partial charge is 0.467 e. The molecule has 0 unspecified atom stereocenters. The molecule has 5 heteroatoms. The first-order chi connectivity index (χ1) is 7.59. The van der Waals surface area contributed by atoms with Crippen molar-refractivity contribution in [1.82, 2.24) is 10.6 Å². The molecule has 0 saturated carbocycles. The van der Waals surface area contributed by atoms with Gasteiger partial charge in [-0.2, -0.15) is 0 Å². The Labute approximate surface area is 98.7 Å². The van der Waals surface area contributed by atoms with E-state index in [1.54, 1.807) is 12.3 Å². The van der Waals surface area contributed by atoms with Gasteiger partial charge in [-0.05, 0) is 38.2 Å². The number of carbonyl (C=O) groups excluding carboxylic acids is 1. The number of carbonyl (C=O) groups is 1. The van der Waals surface area contributed by atoms with Gasteiger partial charge in [0.05, 0.1) is 6.26 Å². The summed E-state index contributed by atoms with van der Waals surface area (Å²) >= 11 is 5.06. The lowest BCUT2D eigenvalue weighted by Gasteiger charge is -2.28. The van der Waals surface area contributed by atoms with Crippen LogP contribution in [0, 0.1) is 0 Å². The minimum absolute atomic E-state index is 0.00130. The number of rotatable bonds is 2. The number of ketones is 1. The maximum atomic E-state index is 11.6. The highest BCUT2D eigenvalue weighted by molar-refractivity contribution is 7.80. The van der Waals surface area contributed by atoms with E-state index >= 15 is 0 Å². The molecule has 2 heterocycles. The van der Waals surface area contributed by atoms with Crippen LogP contribution in [-0.2, 0) is 4.79 Å². The van der Waals surface area contributed by atoms with Crippen LogP contribution in [0.25, 0.3) is 0 Å². The monoisotopic (exact) mass is 236 g/mol. The molecule has 0 fully saturated rings. The number of allylic oxidation sites excluding steroid dienone is 1. The number of hydrogen-bond acceptors (Lipinski definition) is 3. The molecule has 4 nitrogen and oxygen atoms in total. The van der Waals surface area contributed by atoms with Crippen molar-refractivity contribution in [2.24, 2.45) is 0 Å². The molecule has 0 aliphatic carbocycles. The van der Waals surface area contributed by atoms with Gasteiger partial charge in [0.25, 0.3) is 0 Å². The molecule has 1 aromatic heterocycles. The Morgan fingerprint density at radius 3 is 2.88 bits per heavy atom. The Hall–Kier alpha value is -1.62. The summed E-state index contributed by atoms with van der Waals surface area (Å²) in [5, 5.41) is 6.47. The molecule has 2 N–H and O–H groups in total. The molecule has 0 bridgehead atoms. The van der Waals surface area contributed by atoms with Crippen molar-refractivity contribution >= 4 is 23.1 Å². The SMILES string of the molecule is CC(=O)C1=C(C)NC(=S)N[C@@H]1c1ccco1. The van der Waals surface area contributed by atoms with E-state index in [0.717, 1.165) is 5.70 Å². The Kier molecular flexibility index (Phi) is 2.78. The lowest BCUT2D eigenvalue weighted by molar-refractivity contribution is -0.114. The molecule has 0 radical (unpaired) electrons. The van der Waals surface area contributed by atoms with E-state index in [0.29, 0.717) is 16.4 Å². The van der Waals surface area contributed by atoms with Crippen LogP contribution in [0.1, 0.15) is 25.6 Å². The van der Waals surface area contributed by atoms with E-state index in [1.807, 2.05) is 13.0 Å². The van der Waals surface area contributed by atoms with Crippen LogP contribution in [-0.4, -0.2) is 10.9 Å². The summed E-state index contributed by atoms with van der Waals surface area (Å²) in [7, 11) is 0. The van der Waals surface area contributed by atoms with Gasteiger partial charge in [-0.3, -0.25) is 4.79 Å². The van der Waals surface area contributed by atoms with E-state index in [4.69, 9.17) is 16.6 Å². The Bertz CT molecular complexity index is 462. The average molecular weight is 236 g/mol. The number of hydrogen-bond donors (Lipinski definition) is 2. The van der Waals surface area contributed by atoms with Crippen molar-refractivity contribution in [3.63, 3.8) is 0 Å². The minimum atomic E-state index is -0.291. The molecule has 1 aromatic rings. The highest BCUT2D eigenvalue weighted by Gasteiger charge is 2.29. The van der Waals surface area contributed by atoms with Crippen LogP contribution in [0.5, 0.6) is 0 Å². The second-order valence-corrected chi connectivity index (χ2v) is 4.05. The fourth-order valence-corrected chi connectivity index (χ4v) is 2.10. The zero-order chi connectivity index (χ0) is 11.7. The van der Waals surface area contributed by atoms with Gasteiger partial charge < -0.3 is 15.1 Å². The van der Waals surface area contributed by atoms with E-state index in [1.165, 1.54) is 6.92 Å². The third kappa shape index (κ3) is 1.86. The fourth-order valence-electron chi connectivity index (χ4n) is 1.83. The van der Waals surface area contributed by atoms with Crippen LogP contribution >= 0.6 is 12.2 Å². The number of furan rings is 1. The topological polar surface area (TPSA) is 54.3 Å². The molecule has 0 amide bonds. The zero-order valence-electron chi connectivity index (χ0n) is 9.03. The van der Waals surface area contributed by atoms with Gasteiger partial charge in [0.1, 0.15) is 11.8 Å². The summed E-state index contributed by atoms with van der Waals surface area (Å²) in [6.07, 6.45) is 1.58. The van der Waals surface area contributed by atoms with Crippen LogP contribution in [0.2, 0.25) is 0 Å². The van der Waals surface area contributed by atoms with Crippen molar-refractivity contribution in [3.8, 4) is 0 Å². The second-order valence-electron chi connectivity index (χ2n) is 3.64. The van der Waals surface area contributed by atoms with Crippen molar-refractivity contribution in [1.29, 1.82) is 0 Å². The standard InChI is InChI=1S/C11H12N2O2S/c1-6-9(7(2)14)10(13-11(16)12-6)8-4-3-5-15-8/h3-5,10H,1-2H3,(H2,12,13,16)/t10-/m1/s1. The lowest BCUT2D eigenvalue weighted by Crippen LogP contribution is -2.44. The fraction of sp³-hybridized carbons (Fsp3) is 0.273. The molecule has 2 rings (SSSR count). The predicted molar refractivity (Wildman–Crippen MR) is 63.7 cm³/mol. The van der Waals surface area contributed by atoms with Gasteiger partial charge in [-0.15, -0.1) is 0 Å². The number of thiocarbonyl (C=S) groups is 1. The van der Waals surface area contributed by atoms with E-state index in [-0.39, 0.29) is 11.8 Å². The third-order valence-electron chi connectivity index (χ3n) is 2.48. The van der Waals surface area contributed by atoms with Crippen molar-refractivity contribution in [2.75, 3.05) is 0 Å². The molecule has 1 aliphatic rings. The summed E-state index contributed by atoms with van der Waals surface area (Å²) in [6.45, 7) is 3.37. The smallest absolute Gasteiger partial charge is 0.171 e. The van der Waals surface area contributed by atoms with Gasteiger partial charge in [0, 0.05) is 11.3 Å². The summed E-state index contributed by atoms with van der Waals surface area (Å²) in [6, 6.07) is 3.32. The molecular weight excluding hydrogens is 224 g/mol. The second kappa shape index (κ2) is 4.09. The summed E-state index contributed by atoms with van der Waals surface area (Å²) in [5.41, 5.74) is 1.43. The minimum Gasteiger partial charge on any atom is -0.467 e. The molecular formula is C11H12N2O2S. The summed E-state index contributed by atoms with van der Waals surface area (Å²) in [4.78, 5) is 11.6. The first-order valence-corrected chi connectivity index (χ1v) is 5.33. The summed E-state index contributed by atoms with van der Waals surface area (Å²) < 4.78 is 5.31. The third-order valence-corrected chi connectivity index (χ3v) is 2.70. The predicted octanol–water partition coefficient (Wildman–Crippen LogP) is 1.66. The molecule has 1 aliphatic heterocycles. The molecule has 0 aromatic carbocycles. The first-order valence-electron chi connectivity index (χ1n) is 4.92. The Balaban J connectivity index is 2.46. The Morgan fingerprint density at radius 1 is 1.56 bits per heavy atom. The number of nitrogens with one attached hydrogen (secondary N) is 2. The van der Waals surface area contributed by atoms with E-state index < -0.39 is 0 Å². The molecule has 0 spiro atoms. The molecule has 1 atom stereocenters. The zero-order valence-corrected chi connectivity index (χ0v) is 9.85. The lowest BCUT2D eigenvalue weighted by atomic mass is 9.98. The average Bonchev–Trinajstić information content (AvgIpc) is 2.67. The van der Waals surface area contributed by atoms with Crippen LogP contribution < -0.4 is 10.6 Å². The highest BCUT2D eigenvalue weighted by atomic mass is 32.1. The van der Waals surface area contributed by atoms with Crippen molar-refractivity contribution < 1.29 is 9.21 Å². The maximum Gasteiger partial charge on any atom is 0.171 e. The molecule has 84 valence electrons. The van der Waals surface area contributed by atoms with E-state index in [9.17, 15) is 4.79 Å². The van der Waals surface area contributed by atoms with E-state index in [2.05, 4.69) is 10.6 Å². The maximum absolute atomic E-state index is 11.6. The highest BCUT2D eigenvalue weighted by Crippen LogP contribution is 2.27. The van der Waals surface area contributed by atoms with Crippen LogP contribution in [0.4, 0.5) is 0 Å². The number of Topliss-reactive ketones (excluding diaryl/α,β-unsaturated/α-hetero) is 1. The molecule has 16 heavy (non-hydrogen) atoms. The van der Waals surface area contributed by atoms with Crippen LogP contribution in [0.3, 0.4) is 0 Å². The van der Waals surface area contributed by atoms with Crippen molar-refractivity contribution in [3.05, 3.63) is 35.4 Å². The van der Waals surface area contributed by atoms with Gasteiger partial charge in [-0.1, -0.05) is 0 Å². The summed E-state index contributed by atoms with van der Waals surface area (Å²) in [5.74, 6) is 0.690. The first kappa shape index (κ1) is 10.9. The van der Waals surface area contributed by atoms with Gasteiger partial charge in [0.15, 0.2) is 10.9 Å². The van der Waals surface area contributed by atoms with Gasteiger partial charge in [0.2, 0.25) is 0 Å². The van der Waals surface area contributed by atoms with Gasteiger partial charge in [-0.25, -0.2) is 0 Å². The van der Waals surface area contributed by atoms with Gasteiger partial charge >= 0.3 is 0 Å². The molecule has 0 saturated heterocycles. The van der Waals surface area contributed by atoms with Crippen LogP contribution in [0.15, 0.2) is 34.1 Å². The quantitative estimate of drug-likeness (QED) is 0.765. The van der Waals surface area contributed by atoms with Crippen molar-refractivity contribution in [2.45, 2.75) is 19.9 Å². The Morgan fingerprint density at radius 2 is 2.31 bits per heavy atom.